The highest BCUT2D eigenvalue weighted by molar-refractivity contribution is 6.10. The molecule has 1 aliphatic rings. The van der Waals surface area contributed by atoms with Crippen molar-refractivity contribution in [3.63, 3.8) is 0 Å². The monoisotopic (exact) mass is 728 g/mol. The van der Waals surface area contributed by atoms with Crippen molar-refractivity contribution in [3.8, 4) is 39.1 Å². The minimum atomic E-state index is -0.149. The number of hydrogen-bond acceptors (Lipinski definition) is 1. The van der Waals surface area contributed by atoms with E-state index in [0.717, 1.165) is 17.1 Å². The second-order valence-corrected chi connectivity index (χ2v) is 15.8. The summed E-state index contributed by atoms with van der Waals surface area (Å²) in [4.78, 5) is 2.42. The van der Waals surface area contributed by atoms with E-state index in [1.807, 2.05) is 0 Å². The first kappa shape index (κ1) is 33.2. The minimum absolute atomic E-state index is 0.149. The summed E-state index contributed by atoms with van der Waals surface area (Å²) >= 11 is 0. The summed E-state index contributed by atoms with van der Waals surface area (Å²) in [5.41, 5.74) is 17.0. The van der Waals surface area contributed by atoms with Crippen LogP contribution in [0.3, 0.4) is 0 Å². The van der Waals surface area contributed by atoms with Gasteiger partial charge in [-0.3, -0.25) is 0 Å². The first-order valence-corrected chi connectivity index (χ1v) is 19.8. The molecule has 10 aromatic rings. The zero-order valence-corrected chi connectivity index (χ0v) is 32.0. The van der Waals surface area contributed by atoms with Crippen molar-refractivity contribution in [3.05, 3.63) is 217 Å². The topological polar surface area (TPSA) is 8.17 Å². The van der Waals surface area contributed by atoms with Gasteiger partial charge < -0.3 is 9.47 Å². The van der Waals surface area contributed by atoms with Gasteiger partial charge in [-0.1, -0.05) is 141 Å². The third-order valence-electron chi connectivity index (χ3n) is 12.1. The third kappa shape index (κ3) is 5.40. The van der Waals surface area contributed by atoms with E-state index in [4.69, 9.17) is 0 Å². The van der Waals surface area contributed by atoms with E-state index in [-0.39, 0.29) is 5.41 Å². The molecule has 9 aromatic carbocycles. The average Bonchev–Trinajstić information content (AvgIpc) is 3.71. The first-order chi connectivity index (χ1) is 28.0. The van der Waals surface area contributed by atoms with Crippen molar-refractivity contribution in [2.24, 2.45) is 0 Å². The molecule has 11 rings (SSSR count). The van der Waals surface area contributed by atoms with Crippen molar-refractivity contribution >= 4 is 49.6 Å². The van der Waals surface area contributed by atoms with Crippen LogP contribution < -0.4 is 4.90 Å². The van der Waals surface area contributed by atoms with Crippen LogP contribution in [0, 0.1) is 0 Å². The largest absolute Gasteiger partial charge is 0.310 e. The molecule has 0 saturated heterocycles. The molecule has 0 saturated carbocycles. The van der Waals surface area contributed by atoms with E-state index in [9.17, 15) is 0 Å². The van der Waals surface area contributed by atoms with Gasteiger partial charge in [-0.15, -0.1) is 0 Å². The van der Waals surface area contributed by atoms with Gasteiger partial charge in [0.2, 0.25) is 0 Å². The molecule has 1 aromatic heterocycles. The second-order valence-electron chi connectivity index (χ2n) is 15.8. The number of nitrogens with zero attached hydrogens (tertiary/aromatic N) is 2. The van der Waals surface area contributed by atoms with Crippen molar-refractivity contribution in [1.82, 2.24) is 4.57 Å². The smallest absolute Gasteiger partial charge is 0.0541 e. The van der Waals surface area contributed by atoms with E-state index in [0.29, 0.717) is 0 Å². The zero-order chi connectivity index (χ0) is 38.1. The van der Waals surface area contributed by atoms with E-state index in [1.54, 1.807) is 0 Å². The van der Waals surface area contributed by atoms with Crippen LogP contribution in [0.5, 0.6) is 0 Å². The van der Waals surface area contributed by atoms with E-state index < -0.39 is 0 Å². The number of hydrogen-bond donors (Lipinski definition) is 0. The normalized spacial score (nSPS) is 12.9. The van der Waals surface area contributed by atoms with Gasteiger partial charge in [0.05, 0.1) is 11.0 Å². The van der Waals surface area contributed by atoms with Crippen LogP contribution in [0.2, 0.25) is 0 Å². The Labute approximate surface area is 333 Å². The van der Waals surface area contributed by atoms with E-state index in [2.05, 4.69) is 230 Å². The Morgan fingerprint density at radius 3 is 1.75 bits per heavy atom. The average molecular weight is 729 g/mol. The van der Waals surface area contributed by atoms with Gasteiger partial charge in [0.25, 0.3) is 0 Å². The molecule has 0 bridgehead atoms. The number of rotatable bonds is 6. The summed E-state index contributed by atoms with van der Waals surface area (Å²) in [6.45, 7) is 4.75. The molecule has 2 heteroatoms. The molecule has 0 unspecified atom stereocenters. The van der Waals surface area contributed by atoms with Crippen LogP contribution in [0.1, 0.15) is 25.0 Å². The molecule has 57 heavy (non-hydrogen) atoms. The van der Waals surface area contributed by atoms with Crippen molar-refractivity contribution in [2.45, 2.75) is 19.3 Å². The lowest BCUT2D eigenvalue weighted by molar-refractivity contribution is 0.661. The van der Waals surface area contributed by atoms with Crippen molar-refractivity contribution in [2.75, 3.05) is 4.90 Å². The quantitative estimate of drug-likeness (QED) is 0.165. The Morgan fingerprint density at radius 2 is 0.947 bits per heavy atom. The molecule has 270 valence electrons. The summed E-state index contributed by atoms with van der Waals surface area (Å²) < 4.78 is 2.38. The van der Waals surface area contributed by atoms with E-state index in [1.165, 1.54) is 82.8 Å². The van der Waals surface area contributed by atoms with Crippen LogP contribution in [0.4, 0.5) is 17.1 Å². The van der Waals surface area contributed by atoms with Gasteiger partial charge in [0.15, 0.2) is 0 Å². The fourth-order valence-electron chi connectivity index (χ4n) is 9.26. The lowest BCUT2D eigenvalue weighted by Gasteiger charge is -2.28. The summed E-state index contributed by atoms with van der Waals surface area (Å²) in [6.07, 6.45) is 0. The Bertz CT molecular complexity index is 3130. The Balaban J connectivity index is 1.05. The van der Waals surface area contributed by atoms with Gasteiger partial charge >= 0.3 is 0 Å². The Kier molecular flexibility index (Phi) is 7.55. The number of para-hydroxylation sites is 2. The standard InChI is InChI=1S/C55H40N2/c1-55(2)51-35-41-17-10-9-16-40(41)33-49(51)47-30-29-46(36-52(47)55)56(44-27-24-38(25-28-44)37-14-5-3-6-15-37)45-21-13-18-39(32-45)42-26-31-54-50(34-42)48-22-11-12-23-53(48)57(54)43-19-7-4-8-20-43/h3-36H,1-2H3. The van der Waals surface area contributed by atoms with Gasteiger partial charge in [-0.25, -0.2) is 0 Å². The maximum absolute atomic E-state index is 2.43. The molecular weight excluding hydrogens is 689 g/mol. The lowest BCUT2D eigenvalue weighted by atomic mass is 9.81. The zero-order valence-electron chi connectivity index (χ0n) is 32.0. The molecule has 1 aliphatic carbocycles. The van der Waals surface area contributed by atoms with Crippen LogP contribution >= 0.6 is 0 Å². The first-order valence-electron chi connectivity index (χ1n) is 19.8. The molecule has 2 nitrogen and oxygen atoms in total. The van der Waals surface area contributed by atoms with Crippen molar-refractivity contribution < 1.29 is 0 Å². The number of fused-ring (bicyclic) bond motifs is 7. The third-order valence-corrected chi connectivity index (χ3v) is 12.1. The predicted molar refractivity (Wildman–Crippen MR) is 241 cm³/mol. The lowest BCUT2D eigenvalue weighted by Crippen LogP contribution is -2.16. The maximum atomic E-state index is 2.43. The summed E-state index contributed by atoms with van der Waals surface area (Å²) in [5.74, 6) is 0. The second kappa shape index (κ2) is 13.0. The van der Waals surface area contributed by atoms with E-state index >= 15 is 0 Å². The van der Waals surface area contributed by atoms with Crippen LogP contribution in [-0.4, -0.2) is 4.57 Å². The fourth-order valence-corrected chi connectivity index (χ4v) is 9.26. The highest BCUT2D eigenvalue weighted by Gasteiger charge is 2.36. The number of benzene rings is 9. The Morgan fingerprint density at radius 1 is 0.368 bits per heavy atom. The summed E-state index contributed by atoms with van der Waals surface area (Å²) in [7, 11) is 0. The fraction of sp³-hybridized carbons (Fsp3) is 0.0545. The molecule has 0 fully saturated rings. The molecule has 0 aliphatic heterocycles. The van der Waals surface area contributed by atoms with Gasteiger partial charge in [0.1, 0.15) is 0 Å². The van der Waals surface area contributed by atoms with Crippen LogP contribution in [0.15, 0.2) is 206 Å². The van der Waals surface area contributed by atoms with Crippen LogP contribution in [-0.2, 0) is 5.41 Å². The van der Waals surface area contributed by atoms with Gasteiger partial charge in [0, 0.05) is 38.9 Å². The van der Waals surface area contributed by atoms with Crippen LogP contribution in [0.25, 0.3) is 71.6 Å². The predicted octanol–water partition coefficient (Wildman–Crippen LogP) is 15.0. The SMILES string of the molecule is CC1(C)c2cc(N(c3ccc(-c4ccccc4)cc3)c3cccc(-c4ccc5c(c4)c4ccccc4n5-c4ccccc4)c3)ccc2-c2cc3ccccc3cc21. The molecule has 0 radical (unpaired) electrons. The molecule has 0 atom stereocenters. The van der Waals surface area contributed by atoms with Gasteiger partial charge in [-0.05, 0) is 134 Å². The molecule has 1 heterocycles. The summed E-state index contributed by atoms with van der Waals surface area (Å²) in [5, 5.41) is 5.07. The highest BCUT2D eigenvalue weighted by Crippen LogP contribution is 2.52. The molecule has 0 amide bonds. The van der Waals surface area contributed by atoms with Gasteiger partial charge in [-0.2, -0.15) is 0 Å². The van der Waals surface area contributed by atoms with Crippen molar-refractivity contribution in [1.29, 1.82) is 0 Å². The maximum Gasteiger partial charge on any atom is 0.0541 e. The highest BCUT2D eigenvalue weighted by atomic mass is 15.1. The molecule has 0 N–H and O–H groups in total. The minimum Gasteiger partial charge on any atom is -0.310 e. The molecule has 0 spiro atoms. The molecular formula is C55H40N2. The summed E-state index contributed by atoms with van der Waals surface area (Å²) in [6, 6.07) is 75.6. The Hall–Kier alpha value is -7.16. The number of anilines is 3. The number of aromatic nitrogens is 1.